The Kier molecular flexibility index (Phi) is 11.8. The molecule has 0 N–H and O–H groups in total. The standard InChI is InChI=1S/C32H44F4O/c1-3-5-7-9-11-13-15-25-18-21-27-28(32(25,35)36)23-29(33)31(34)30(27)24-16-19-26(20-17-24)37-22-14-12-10-8-6-4-2/h16-17,19-20,23,25H,3-15,18,21-22H2,1-2H3. The zero-order valence-corrected chi connectivity index (χ0v) is 22.7. The quantitative estimate of drug-likeness (QED) is 0.158. The summed E-state index contributed by atoms with van der Waals surface area (Å²) in [5.74, 6) is -5.61. The summed E-state index contributed by atoms with van der Waals surface area (Å²) in [4.78, 5) is 0. The van der Waals surface area contributed by atoms with E-state index in [2.05, 4.69) is 13.8 Å². The van der Waals surface area contributed by atoms with Gasteiger partial charge in [0.15, 0.2) is 11.6 Å². The topological polar surface area (TPSA) is 9.23 Å². The van der Waals surface area contributed by atoms with Crippen LogP contribution in [0.5, 0.6) is 5.75 Å². The Bertz CT molecular complexity index is 954. The molecule has 0 saturated carbocycles. The van der Waals surface area contributed by atoms with Crippen molar-refractivity contribution in [1.29, 1.82) is 0 Å². The molecule has 0 aromatic heterocycles. The van der Waals surface area contributed by atoms with E-state index < -0.39 is 23.5 Å². The first kappa shape index (κ1) is 29.5. The predicted molar refractivity (Wildman–Crippen MR) is 144 cm³/mol. The molecule has 1 atom stereocenters. The van der Waals surface area contributed by atoms with E-state index in [1.165, 1.54) is 32.1 Å². The fraction of sp³-hybridized carbons (Fsp3) is 0.625. The van der Waals surface area contributed by atoms with E-state index in [4.69, 9.17) is 4.74 Å². The minimum atomic E-state index is -3.17. The number of halogens is 4. The monoisotopic (exact) mass is 520 g/mol. The molecule has 0 spiro atoms. The van der Waals surface area contributed by atoms with Gasteiger partial charge in [0.1, 0.15) is 5.75 Å². The number of ether oxygens (including phenoxy) is 1. The Morgan fingerprint density at radius 2 is 1.41 bits per heavy atom. The van der Waals surface area contributed by atoms with Gasteiger partial charge in [-0.15, -0.1) is 0 Å². The number of hydrogen-bond donors (Lipinski definition) is 0. The van der Waals surface area contributed by atoms with Crippen LogP contribution in [0, 0.1) is 17.6 Å². The van der Waals surface area contributed by atoms with Gasteiger partial charge < -0.3 is 4.74 Å². The van der Waals surface area contributed by atoms with Crippen molar-refractivity contribution in [2.45, 2.75) is 116 Å². The molecule has 2 aromatic rings. The van der Waals surface area contributed by atoms with Crippen molar-refractivity contribution in [3.63, 3.8) is 0 Å². The Morgan fingerprint density at radius 1 is 0.811 bits per heavy atom. The van der Waals surface area contributed by atoms with E-state index in [0.29, 0.717) is 30.8 Å². The number of unbranched alkanes of at least 4 members (excludes halogenated alkanes) is 10. The zero-order chi connectivity index (χ0) is 26.7. The highest BCUT2D eigenvalue weighted by Gasteiger charge is 2.46. The maximum Gasteiger partial charge on any atom is 0.276 e. The van der Waals surface area contributed by atoms with Crippen molar-refractivity contribution < 1.29 is 22.3 Å². The Balaban J connectivity index is 1.67. The molecule has 0 heterocycles. The summed E-state index contributed by atoms with van der Waals surface area (Å²) in [6.45, 7) is 4.94. The van der Waals surface area contributed by atoms with Crippen LogP contribution >= 0.6 is 0 Å². The van der Waals surface area contributed by atoms with Crippen LogP contribution in [0.2, 0.25) is 0 Å². The maximum absolute atomic E-state index is 15.5. The molecule has 0 aliphatic heterocycles. The Hall–Kier alpha value is -2.04. The van der Waals surface area contributed by atoms with Gasteiger partial charge in [-0.2, -0.15) is 0 Å². The summed E-state index contributed by atoms with van der Waals surface area (Å²) >= 11 is 0. The molecule has 206 valence electrons. The Morgan fingerprint density at radius 3 is 2.05 bits per heavy atom. The van der Waals surface area contributed by atoms with Gasteiger partial charge in [0, 0.05) is 17.0 Å². The molecule has 1 unspecified atom stereocenters. The van der Waals surface area contributed by atoms with E-state index in [1.54, 1.807) is 24.3 Å². The van der Waals surface area contributed by atoms with Crippen molar-refractivity contribution >= 4 is 0 Å². The van der Waals surface area contributed by atoms with Crippen LogP contribution in [0.1, 0.15) is 115 Å². The van der Waals surface area contributed by atoms with Gasteiger partial charge in [0.05, 0.1) is 6.61 Å². The first-order valence-electron chi connectivity index (χ1n) is 14.5. The van der Waals surface area contributed by atoms with Crippen LogP contribution in [0.4, 0.5) is 17.6 Å². The van der Waals surface area contributed by atoms with Gasteiger partial charge in [-0.1, -0.05) is 96.6 Å². The van der Waals surface area contributed by atoms with Crippen LogP contribution in [0.15, 0.2) is 30.3 Å². The molecular formula is C32H44F4O. The highest BCUT2D eigenvalue weighted by atomic mass is 19.3. The molecule has 1 aliphatic carbocycles. The van der Waals surface area contributed by atoms with E-state index in [1.807, 2.05) is 0 Å². The highest BCUT2D eigenvalue weighted by Crippen LogP contribution is 2.49. The second kappa shape index (κ2) is 14.8. The van der Waals surface area contributed by atoms with Crippen molar-refractivity contribution in [2.75, 3.05) is 6.61 Å². The molecular weight excluding hydrogens is 476 g/mol. The number of fused-ring (bicyclic) bond motifs is 1. The molecule has 0 amide bonds. The summed E-state index contributed by atoms with van der Waals surface area (Å²) in [6, 6.07) is 7.46. The number of alkyl halides is 2. The zero-order valence-electron chi connectivity index (χ0n) is 22.7. The summed E-state index contributed by atoms with van der Waals surface area (Å²) in [5, 5.41) is 0. The van der Waals surface area contributed by atoms with Gasteiger partial charge in [-0.25, -0.2) is 17.6 Å². The lowest BCUT2D eigenvalue weighted by Crippen LogP contribution is -2.32. The third kappa shape index (κ3) is 7.97. The molecule has 3 rings (SSSR count). The third-order valence-corrected chi connectivity index (χ3v) is 7.76. The van der Waals surface area contributed by atoms with Crippen LogP contribution in [-0.2, 0) is 12.3 Å². The van der Waals surface area contributed by atoms with Crippen molar-refractivity contribution in [2.24, 2.45) is 5.92 Å². The molecule has 0 radical (unpaired) electrons. The Labute approximate surface area is 221 Å². The summed E-state index contributed by atoms with van der Waals surface area (Å²) in [7, 11) is 0. The molecule has 2 aromatic carbocycles. The van der Waals surface area contributed by atoms with Crippen LogP contribution in [0.3, 0.4) is 0 Å². The molecule has 0 bridgehead atoms. The van der Waals surface area contributed by atoms with Gasteiger partial charge in [-0.05, 0) is 55.0 Å². The molecule has 37 heavy (non-hydrogen) atoms. The number of rotatable bonds is 16. The molecule has 1 aliphatic rings. The fourth-order valence-electron chi connectivity index (χ4n) is 5.53. The van der Waals surface area contributed by atoms with E-state index in [9.17, 15) is 8.78 Å². The number of hydrogen-bond acceptors (Lipinski definition) is 1. The van der Waals surface area contributed by atoms with E-state index >= 15 is 8.78 Å². The lowest BCUT2D eigenvalue weighted by Gasteiger charge is -2.35. The minimum Gasteiger partial charge on any atom is -0.494 e. The summed E-state index contributed by atoms with van der Waals surface area (Å²) < 4.78 is 66.5. The SMILES string of the molecule is CCCCCCCCOc1ccc(-c2c(F)c(F)cc3c2CCC(CCCCCCCC)C3(F)F)cc1. The van der Waals surface area contributed by atoms with Gasteiger partial charge in [0.2, 0.25) is 0 Å². The summed E-state index contributed by atoms with van der Waals surface area (Å²) in [6.07, 6.45) is 14.2. The molecule has 1 nitrogen and oxygen atoms in total. The van der Waals surface area contributed by atoms with E-state index in [0.717, 1.165) is 51.0 Å². The van der Waals surface area contributed by atoms with Crippen molar-refractivity contribution in [1.82, 2.24) is 0 Å². The van der Waals surface area contributed by atoms with Crippen LogP contribution in [-0.4, -0.2) is 6.61 Å². The highest BCUT2D eigenvalue weighted by molar-refractivity contribution is 5.71. The largest absolute Gasteiger partial charge is 0.494 e. The fourth-order valence-corrected chi connectivity index (χ4v) is 5.53. The molecule has 0 saturated heterocycles. The van der Waals surface area contributed by atoms with Gasteiger partial charge in [0.25, 0.3) is 5.92 Å². The first-order chi connectivity index (χ1) is 17.9. The minimum absolute atomic E-state index is 0.0323. The maximum atomic E-state index is 15.5. The third-order valence-electron chi connectivity index (χ3n) is 7.76. The average Bonchev–Trinajstić information content (AvgIpc) is 2.88. The molecule has 0 fully saturated rings. The van der Waals surface area contributed by atoms with Crippen molar-refractivity contribution in [3.8, 4) is 16.9 Å². The second-order valence-electron chi connectivity index (χ2n) is 10.6. The smallest absolute Gasteiger partial charge is 0.276 e. The van der Waals surface area contributed by atoms with Crippen LogP contribution < -0.4 is 4.74 Å². The normalized spacial score (nSPS) is 16.5. The second-order valence-corrected chi connectivity index (χ2v) is 10.6. The summed E-state index contributed by atoms with van der Waals surface area (Å²) in [5.41, 5.74) is 0.274. The first-order valence-corrected chi connectivity index (χ1v) is 14.5. The lowest BCUT2D eigenvalue weighted by molar-refractivity contribution is -0.0792. The van der Waals surface area contributed by atoms with Gasteiger partial charge in [-0.3, -0.25) is 0 Å². The average molecular weight is 521 g/mol. The van der Waals surface area contributed by atoms with Crippen molar-refractivity contribution in [3.05, 3.63) is 53.1 Å². The predicted octanol–water partition coefficient (Wildman–Crippen LogP) is 10.8. The molecule has 5 heteroatoms. The number of benzene rings is 2. The van der Waals surface area contributed by atoms with Crippen LogP contribution in [0.25, 0.3) is 11.1 Å². The van der Waals surface area contributed by atoms with Gasteiger partial charge >= 0.3 is 0 Å². The lowest BCUT2D eigenvalue weighted by atomic mass is 9.75. The van der Waals surface area contributed by atoms with E-state index in [-0.39, 0.29) is 23.1 Å².